The summed E-state index contributed by atoms with van der Waals surface area (Å²) < 4.78 is 20.4. The molecule has 1 aromatic heterocycles. The Hall–Kier alpha value is -1.90. The van der Waals surface area contributed by atoms with E-state index in [-0.39, 0.29) is 5.82 Å². The lowest BCUT2D eigenvalue weighted by Gasteiger charge is -2.09. The Morgan fingerprint density at radius 2 is 1.39 bits per heavy atom. The molecule has 1 heterocycles. The van der Waals surface area contributed by atoms with Gasteiger partial charge >= 0.3 is 0 Å². The number of halogens is 1. The first-order chi connectivity index (χ1) is 15.2. The summed E-state index contributed by atoms with van der Waals surface area (Å²) in [4.78, 5) is 4.50. The van der Waals surface area contributed by atoms with Gasteiger partial charge in [-0.1, -0.05) is 90.5 Å². The minimum atomic E-state index is -0.270. The van der Waals surface area contributed by atoms with E-state index < -0.39 is 0 Å². The SMILES string of the molecule is CCCCCCCCCCOc1ccc(-c2ccc(CCCCCCC)cn2)c(F)c1. The Bertz CT molecular complexity index is 713. The van der Waals surface area contributed by atoms with Crippen molar-refractivity contribution < 1.29 is 9.13 Å². The maximum atomic E-state index is 14.6. The number of aryl methyl sites for hydroxylation is 1. The van der Waals surface area contributed by atoms with Crippen molar-refractivity contribution in [2.45, 2.75) is 104 Å². The first-order valence-corrected chi connectivity index (χ1v) is 12.6. The van der Waals surface area contributed by atoms with E-state index in [0.717, 1.165) is 12.8 Å². The first-order valence-electron chi connectivity index (χ1n) is 12.6. The summed E-state index contributed by atoms with van der Waals surface area (Å²) in [7, 11) is 0. The second-order valence-corrected chi connectivity index (χ2v) is 8.68. The van der Waals surface area contributed by atoms with Crippen LogP contribution < -0.4 is 4.74 Å². The van der Waals surface area contributed by atoms with Gasteiger partial charge in [-0.05, 0) is 43.0 Å². The Labute approximate surface area is 189 Å². The zero-order chi connectivity index (χ0) is 22.2. The molecule has 3 heteroatoms. The third-order valence-electron chi connectivity index (χ3n) is 5.88. The van der Waals surface area contributed by atoms with Crippen molar-refractivity contribution >= 4 is 0 Å². The third kappa shape index (κ3) is 10.3. The summed E-state index contributed by atoms with van der Waals surface area (Å²) in [6.07, 6.45) is 19.4. The van der Waals surface area contributed by atoms with Crippen LogP contribution in [0.4, 0.5) is 4.39 Å². The Balaban J connectivity index is 1.71. The molecule has 0 saturated carbocycles. The predicted molar refractivity (Wildman–Crippen MR) is 130 cm³/mol. The molecule has 2 rings (SSSR count). The van der Waals surface area contributed by atoms with E-state index in [1.807, 2.05) is 18.3 Å². The normalized spacial score (nSPS) is 11.1. The maximum Gasteiger partial charge on any atom is 0.136 e. The van der Waals surface area contributed by atoms with Gasteiger partial charge in [0, 0.05) is 17.8 Å². The van der Waals surface area contributed by atoms with E-state index in [1.54, 1.807) is 6.07 Å². The van der Waals surface area contributed by atoms with Gasteiger partial charge in [-0.25, -0.2) is 4.39 Å². The van der Waals surface area contributed by atoms with Crippen LogP contribution in [-0.4, -0.2) is 11.6 Å². The predicted octanol–water partition coefficient (Wildman–Crippen LogP) is 8.92. The molecule has 0 spiro atoms. The molecule has 0 aliphatic heterocycles. The number of aromatic nitrogens is 1. The smallest absolute Gasteiger partial charge is 0.136 e. The van der Waals surface area contributed by atoms with Crippen molar-refractivity contribution in [1.82, 2.24) is 4.98 Å². The Kier molecular flexibility index (Phi) is 13.0. The van der Waals surface area contributed by atoms with E-state index in [1.165, 1.54) is 88.7 Å². The van der Waals surface area contributed by atoms with Gasteiger partial charge in [0.05, 0.1) is 12.3 Å². The highest BCUT2D eigenvalue weighted by Gasteiger charge is 2.08. The number of nitrogens with zero attached hydrogens (tertiary/aromatic N) is 1. The molecule has 0 bridgehead atoms. The van der Waals surface area contributed by atoms with Crippen LogP contribution >= 0.6 is 0 Å². The van der Waals surface area contributed by atoms with Crippen molar-refractivity contribution in [3.05, 3.63) is 47.9 Å². The van der Waals surface area contributed by atoms with Gasteiger partial charge in [-0.15, -0.1) is 0 Å². The molecule has 2 nitrogen and oxygen atoms in total. The molecule has 31 heavy (non-hydrogen) atoms. The molecule has 0 amide bonds. The molecule has 172 valence electrons. The van der Waals surface area contributed by atoms with E-state index in [2.05, 4.69) is 24.9 Å². The largest absolute Gasteiger partial charge is 0.493 e. The summed E-state index contributed by atoms with van der Waals surface area (Å²) in [5, 5.41) is 0. The highest BCUT2D eigenvalue weighted by atomic mass is 19.1. The van der Waals surface area contributed by atoms with Crippen molar-refractivity contribution in [3.63, 3.8) is 0 Å². The van der Waals surface area contributed by atoms with E-state index in [0.29, 0.717) is 23.6 Å². The molecule has 0 aliphatic rings. The van der Waals surface area contributed by atoms with Crippen LogP contribution in [0.3, 0.4) is 0 Å². The summed E-state index contributed by atoms with van der Waals surface area (Å²) in [6.45, 7) is 5.13. The summed E-state index contributed by atoms with van der Waals surface area (Å²) in [5.74, 6) is 0.334. The molecule has 0 N–H and O–H groups in total. The van der Waals surface area contributed by atoms with Gasteiger partial charge in [0.15, 0.2) is 0 Å². The minimum absolute atomic E-state index is 0.270. The topological polar surface area (TPSA) is 22.1 Å². The average molecular weight is 428 g/mol. The fourth-order valence-corrected chi connectivity index (χ4v) is 3.88. The number of rotatable bonds is 17. The molecular weight excluding hydrogens is 385 g/mol. The van der Waals surface area contributed by atoms with Crippen LogP contribution in [0.25, 0.3) is 11.3 Å². The number of ether oxygens (including phenoxy) is 1. The molecular formula is C28H42FNO. The highest BCUT2D eigenvalue weighted by molar-refractivity contribution is 5.61. The number of pyridine rings is 1. The van der Waals surface area contributed by atoms with E-state index in [4.69, 9.17) is 4.74 Å². The Morgan fingerprint density at radius 3 is 2.00 bits per heavy atom. The fourth-order valence-electron chi connectivity index (χ4n) is 3.88. The van der Waals surface area contributed by atoms with Crippen molar-refractivity contribution in [1.29, 1.82) is 0 Å². The highest BCUT2D eigenvalue weighted by Crippen LogP contribution is 2.25. The van der Waals surface area contributed by atoms with Gasteiger partial charge in [0.25, 0.3) is 0 Å². The van der Waals surface area contributed by atoms with Crippen LogP contribution in [0.2, 0.25) is 0 Å². The van der Waals surface area contributed by atoms with E-state index in [9.17, 15) is 4.39 Å². The number of benzene rings is 1. The molecule has 0 saturated heterocycles. The standard InChI is InChI=1S/C28H42FNO/c1-3-5-7-9-10-11-13-15-21-31-25-18-19-26(27(29)22-25)28-20-17-24(23-30-28)16-14-12-8-6-4-2/h17-20,22-23H,3-16,21H2,1-2H3. The molecule has 0 fully saturated rings. The van der Waals surface area contributed by atoms with Crippen molar-refractivity contribution in [3.8, 4) is 17.0 Å². The molecule has 2 aromatic rings. The van der Waals surface area contributed by atoms with Gasteiger partial charge in [-0.2, -0.15) is 0 Å². The second kappa shape index (κ2) is 15.8. The Morgan fingerprint density at radius 1 is 0.742 bits per heavy atom. The molecule has 0 aliphatic carbocycles. The zero-order valence-electron chi connectivity index (χ0n) is 19.8. The quantitative estimate of drug-likeness (QED) is 0.235. The first kappa shape index (κ1) is 25.4. The summed E-state index contributed by atoms with van der Waals surface area (Å²) in [5.41, 5.74) is 2.45. The number of hydrogen-bond acceptors (Lipinski definition) is 2. The molecule has 1 aromatic carbocycles. The monoisotopic (exact) mass is 427 g/mol. The molecule has 0 unspecified atom stereocenters. The van der Waals surface area contributed by atoms with Gasteiger partial charge in [0.2, 0.25) is 0 Å². The number of unbranched alkanes of at least 4 members (excludes halogenated alkanes) is 11. The van der Waals surface area contributed by atoms with Gasteiger partial charge in [-0.3, -0.25) is 4.98 Å². The van der Waals surface area contributed by atoms with Gasteiger partial charge in [0.1, 0.15) is 11.6 Å². The molecule has 0 radical (unpaired) electrons. The minimum Gasteiger partial charge on any atom is -0.493 e. The lowest BCUT2D eigenvalue weighted by atomic mass is 10.1. The van der Waals surface area contributed by atoms with Crippen LogP contribution in [0.1, 0.15) is 103 Å². The summed E-state index contributed by atoms with van der Waals surface area (Å²) >= 11 is 0. The average Bonchev–Trinajstić information content (AvgIpc) is 2.78. The maximum absolute atomic E-state index is 14.6. The van der Waals surface area contributed by atoms with Crippen LogP contribution in [0.5, 0.6) is 5.75 Å². The van der Waals surface area contributed by atoms with Gasteiger partial charge < -0.3 is 4.74 Å². The summed E-state index contributed by atoms with van der Waals surface area (Å²) in [6, 6.07) is 9.14. The lowest BCUT2D eigenvalue weighted by molar-refractivity contribution is 0.303. The van der Waals surface area contributed by atoms with E-state index >= 15 is 0 Å². The number of hydrogen-bond donors (Lipinski definition) is 0. The second-order valence-electron chi connectivity index (χ2n) is 8.68. The zero-order valence-corrected chi connectivity index (χ0v) is 19.8. The van der Waals surface area contributed by atoms with Crippen LogP contribution in [0, 0.1) is 5.82 Å². The van der Waals surface area contributed by atoms with Crippen molar-refractivity contribution in [2.75, 3.05) is 6.61 Å². The van der Waals surface area contributed by atoms with Crippen LogP contribution in [-0.2, 0) is 6.42 Å². The van der Waals surface area contributed by atoms with Crippen LogP contribution in [0.15, 0.2) is 36.5 Å². The third-order valence-corrected chi connectivity index (χ3v) is 5.88. The molecule has 0 atom stereocenters. The lowest BCUT2D eigenvalue weighted by Crippen LogP contribution is -1.98. The van der Waals surface area contributed by atoms with Crippen molar-refractivity contribution in [2.24, 2.45) is 0 Å². The fraction of sp³-hybridized carbons (Fsp3) is 0.607.